The molecule has 0 unspecified atom stereocenters. The molecule has 0 saturated heterocycles. The van der Waals surface area contributed by atoms with E-state index in [-0.39, 0.29) is 16.5 Å². The summed E-state index contributed by atoms with van der Waals surface area (Å²) < 4.78 is 75.3. The van der Waals surface area contributed by atoms with Crippen LogP contribution in [0.1, 0.15) is 54.9 Å². The largest absolute Gasteiger partial charge is 0.478 e. The Morgan fingerprint density at radius 3 is 2.29 bits per heavy atom. The Kier molecular flexibility index (Phi) is 8.47. The third-order valence-electron chi connectivity index (χ3n) is 5.31. The van der Waals surface area contributed by atoms with Crippen LogP contribution in [0.4, 0.5) is 22.0 Å². The number of alkyl halides is 3. The second kappa shape index (κ2) is 11.3. The molecule has 8 heteroatoms. The van der Waals surface area contributed by atoms with Crippen molar-refractivity contribution in [2.24, 2.45) is 0 Å². The standard InChI is InChI=1S/C26H25F5O3/c1-2-3-4-5-6-7-17-8-10-18(11-9-17)25(32)34-20-12-13-21-19(14-20)15-22(27)24(23(21)28)33-16-26(29,30)31/h8-15H,2-7,16H2,1H3. The third-order valence-corrected chi connectivity index (χ3v) is 5.31. The first-order valence-corrected chi connectivity index (χ1v) is 11.1. The Hall–Kier alpha value is -3.16. The molecule has 0 amide bonds. The van der Waals surface area contributed by atoms with Crippen LogP contribution < -0.4 is 9.47 Å². The number of hydrogen-bond acceptors (Lipinski definition) is 3. The minimum absolute atomic E-state index is 0.0121. The molecule has 0 radical (unpaired) electrons. The quantitative estimate of drug-likeness (QED) is 0.129. The molecule has 34 heavy (non-hydrogen) atoms. The topological polar surface area (TPSA) is 35.5 Å². The zero-order chi connectivity index (χ0) is 24.7. The molecule has 3 aromatic carbocycles. The van der Waals surface area contributed by atoms with E-state index >= 15 is 0 Å². The van der Waals surface area contributed by atoms with Crippen molar-refractivity contribution in [3.05, 3.63) is 71.3 Å². The fraction of sp³-hybridized carbons (Fsp3) is 0.346. The lowest BCUT2D eigenvalue weighted by atomic mass is 10.0. The Morgan fingerprint density at radius 1 is 0.912 bits per heavy atom. The van der Waals surface area contributed by atoms with Crippen molar-refractivity contribution in [2.75, 3.05) is 6.61 Å². The van der Waals surface area contributed by atoms with Crippen molar-refractivity contribution in [3.63, 3.8) is 0 Å². The molecule has 182 valence electrons. The van der Waals surface area contributed by atoms with E-state index in [4.69, 9.17) is 4.74 Å². The predicted molar refractivity (Wildman–Crippen MR) is 119 cm³/mol. The minimum Gasteiger partial charge on any atom is -0.478 e. The van der Waals surface area contributed by atoms with Crippen LogP contribution in [0.2, 0.25) is 0 Å². The lowest BCUT2D eigenvalue weighted by Gasteiger charge is -2.13. The van der Waals surface area contributed by atoms with Gasteiger partial charge in [0.25, 0.3) is 0 Å². The summed E-state index contributed by atoms with van der Waals surface area (Å²) in [6, 6.07) is 11.6. The average Bonchev–Trinajstić information content (AvgIpc) is 2.78. The Bertz CT molecular complexity index is 1120. The highest BCUT2D eigenvalue weighted by Gasteiger charge is 2.30. The number of rotatable bonds is 10. The van der Waals surface area contributed by atoms with Crippen LogP contribution >= 0.6 is 0 Å². The molecule has 0 N–H and O–H groups in total. The van der Waals surface area contributed by atoms with Gasteiger partial charge >= 0.3 is 12.1 Å². The van der Waals surface area contributed by atoms with Gasteiger partial charge in [0.1, 0.15) is 5.75 Å². The molecule has 3 nitrogen and oxygen atoms in total. The maximum absolute atomic E-state index is 14.5. The third kappa shape index (κ3) is 6.92. The van der Waals surface area contributed by atoms with E-state index in [1.807, 2.05) is 12.1 Å². The Morgan fingerprint density at radius 2 is 1.62 bits per heavy atom. The van der Waals surface area contributed by atoms with E-state index < -0.39 is 36.1 Å². The van der Waals surface area contributed by atoms with Crippen LogP contribution in [-0.2, 0) is 6.42 Å². The molecule has 0 aromatic heterocycles. The maximum Gasteiger partial charge on any atom is 0.422 e. The highest BCUT2D eigenvalue weighted by atomic mass is 19.4. The molecule has 0 fully saturated rings. The highest BCUT2D eigenvalue weighted by Crippen LogP contribution is 2.33. The smallest absolute Gasteiger partial charge is 0.422 e. The van der Waals surface area contributed by atoms with Crippen molar-refractivity contribution in [1.82, 2.24) is 0 Å². The molecule has 0 aliphatic rings. The number of fused-ring (bicyclic) bond motifs is 1. The number of halogens is 5. The summed E-state index contributed by atoms with van der Waals surface area (Å²) in [4.78, 5) is 12.5. The molecule has 3 aromatic rings. The van der Waals surface area contributed by atoms with E-state index in [0.717, 1.165) is 30.9 Å². The van der Waals surface area contributed by atoms with Gasteiger partial charge in [0, 0.05) is 5.39 Å². The predicted octanol–water partition coefficient (Wildman–Crippen LogP) is 7.79. The normalized spacial score (nSPS) is 11.6. The van der Waals surface area contributed by atoms with Crippen LogP contribution in [0.3, 0.4) is 0 Å². The van der Waals surface area contributed by atoms with Crippen molar-refractivity contribution in [3.8, 4) is 11.5 Å². The van der Waals surface area contributed by atoms with Gasteiger partial charge in [0.2, 0.25) is 0 Å². The fourth-order valence-corrected chi connectivity index (χ4v) is 3.55. The molecule has 0 atom stereocenters. The molecular formula is C26H25F5O3. The second-order valence-corrected chi connectivity index (χ2v) is 8.04. The van der Waals surface area contributed by atoms with Crippen LogP contribution in [0.15, 0.2) is 48.5 Å². The number of carbonyl (C=O) groups is 1. The first kappa shape index (κ1) is 25.5. The van der Waals surface area contributed by atoms with Gasteiger partial charge in [0.05, 0.1) is 5.56 Å². The van der Waals surface area contributed by atoms with E-state index in [1.54, 1.807) is 12.1 Å². The highest BCUT2D eigenvalue weighted by molar-refractivity contribution is 5.92. The summed E-state index contributed by atoms with van der Waals surface area (Å²) in [5.74, 6) is -4.26. The number of carbonyl (C=O) groups excluding carboxylic acids is 1. The van der Waals surface area contributed by atoms with Crippen LogP contribution in [0.5, 0.6) is 11.5 Å². The van der Waals surface area contributed by atoms with Gasteiger partial charge in [-0.05, 0) is 60.2 Å². The number of ether oxygens (including phenoxy) is 2. The van der Waals surface area contributed by atoms with Gasteiger partial charge < -0.3 is 9.47 Å². The van der Waals surface area contributed by atoms with Gasteiger partial charge in [-0.25, -0.2) is 13.6 Å². The van der Waals surface area contributed by atoms with Gasteiger partial charge in [-0.1, -0.05) is 44.7 Å². The van der Waals surface area contributed by atoms with Crippen molar-refractivity contribution in [1.29, 1.82) is 0 Å². The van der Waals surface area contributed by atoms with E-state index in [1.165, 1.54) is 37.5 Å². The SMILES string of the molecule is CCCCCCCc1ccc(C(=O)Oc2ccc3c(F)c(OCC(F)(F)F)c(F)cc3c2)cc1. The van der Waals surface area contributed by atoms with Crippen LogP contribution in [0.25, 0.3) is 10.8 Å². The lowest BCUT2D eigenvalue weighted by molar-refractivity contribution is -0.154. The molecule has 0 saturated carbocycles. The number of benzene rings is 3. The first-order valence-electron chi connectivity index (χ1n) is 11.1. The number of hydrogen-bond donors (Lipinski definition) is 0. The number of esters is 1. The number of unbranched alkanes of at least 4 members (excludes halogenated alkanes) is 4. The molecule has 0 aliphatic carbocycles. The van der Waals surface area contributed by atoms with E-state index in [2.05, 4.69) is 11.7 Å². The summed E-state index contributed by atoms with van der Waals surface area (Å²) in [6.07, 6.45) is 2.06. The Labute approximate surface area is 194 Å². The minimum atomic E-state index is -4.74. The lowest BCUT2D eigenvalue weighted by Crippen LogP contribution is -2.20. The van der Waals surface area contributed by atoms with Crippen LogP contribution in [-0.4, -0.2) is 18.8 Å². The summed E-state index contributed by atoms with van der Waals surface area (Å²) in [7, 11) is 0. The van der Waals surface area contributed by atoms with Gasteiger partial charge in [-0.2, -0.15) is 13.2 Å². The monoisotopic (exact) mass is 480 g/mol. The zero-order valence-corrected chi connectivity index (χ0v) is 18.7. The van der Waals surface area contributed by atoms with Crippen molar-refractivity contribution >= 4 is 16.7 Å². The van der Waals surface area contributed by atoms with Gasteiger partial charge in [-0.15, -0.1) is 0 Å². The summed E-state index contributed by atoms with van der Waals surface area (Å²) >= 11 is 0. The molecular weight excluding hydrogens is 455 g/mol. The number of aryl methyl sites for hydroxylation is 1. The summed E-state index contributed by atoms with van der Waals surface area (Å²) in [5.41, 5.74) is 1.44. The molecule has 0 spiro atoms. The summed E-state index contributed by atoms with van der Waals surface area (Å²) in [6.45, 7) is 0.347. The first-order chi connectivity index (χ1) is 16.2. The van der Waals surface area contributed by atoms with Gasteiger partial charge in [-0.3, -0.25) is 0 Å². The molecule has 0 bridgehead atoms. The average molecular weight is 480 g/mol. The second-order valence-electron chi connectivity index (χ2n) is 8.04. The zero-order valence-electron chi connectivity index (χ0n) is 18.7. The van der Waals surface area contributed by atoms with Crippen molar-refractivity contribution in [2.45, 2.75) is 51.6 Å². The van der Waals surface area contributed by atoms with Crippen molar-refractivity contribution < 1.29 is 36.2 Å². The Balaban J connectivity index is 1.67. The fourth-order valence-electron chi connectivity index (χ4n) is 3.55. The molecule has 3 rings (SSSR count). The molecule has 0 aliphatic heterocycles. The maximum atomic E-state index is 14.5. The van der Waals surface area contributed by atoms with Crippen LogP contribution in [0, 0.1) is 11.6 Å². The summed E-state index contributed by atoms with van der Waals surface area (Å²) in [5, 5.41) is -0.153. The molecule has 0 heterocycles. The van der Waals surface area contributed by atoms with E-state index in [0.29, 0.717) is 5.56 Å². The van der Waals surface area contributed by atoms with Gasteiger partial charge in [0.15, 0.2) is 24.0 Å². The van der Waals surface area contributed by atoms with E-state index in [9.17, 15) is 26.7 Å².